The summed E-state index contributed by atoms with van der Waals surface area (Å²) in [6.07, 6.45) is 0.689. The Hall–Kier alpha value is -0.920. The minimum absolute atomic E-state index is 0.147. The third kappa shape index (κ3) is 3.09. The third-order valence-corrected chi connectivity index (χ3v) is 2.06. The van der Waals surface area contributed by atoms with E-state index in [0.717, 1.165) is 0 Å². The summed E-state index contributed by atoms with van der Waals surface area (Å²) in [6.45, 7) is -0.100. The number of rotatable bonds is 4. The van der Waals surface area contributed by atoms with Crippen LogP contribution in [0.5, 0.6) is 0 Å². The van der Waals surface area contributed by atoms with Crippen molar-refractivity contribution in [3.63, 3.8) is 0 Å². The first-order valence-electron chi connectivity index (χ1n) is 3.94. The van der Waals surface area contributed by atoms with Crippen LogP contribution < -0.4 is 11.1 Å². The second-order valence-corrected chi connectivity index (χ2v) is 3.50. The van der Waals surface area contributed by atoms with Gasteiger partial charge in [0, 0.05) is 12.7 Å². The second-order valence-electron chi connectivity index (χ2n) is 2.64. The predicted molar refractivity (Wildman–Crippen MR) is 55.7 cm³/mol. The van der Waals surface area contributed by atoms with Crippen LogP contribution in [0, 0.1) is 0 Å². The van der Waals surface area contributed by atoms with Crippen LogP contribution in [0.2, 0.25) is 0 Å². The summed E-state index contributed by atoms with van der Waals surface area (Å²) in [5.74, 6) is 0.638. The van der Waals surface area contributed by atoms with Crippen LogP contribution in [0.15, 0.2) is 10.7 Å². The number of aliphatic hydroxyl groups is 2. The normalized spacial score (nSPS) is 12.5. The van der Waals surface area contributed by atoms with E-state index in [9.17, 15) is 0 Å². The molecule has 14 heavy (non-hydrogen) atoms. The molecule has 0 radical (unpaired) electrons. The molecule has 1 atom stereocenters. The van der Waals surface area contributed by atoms with Gasteiger partial charge in [0.05, 0.1) is 17.2 Å². The number of halogens is 1. The van der Waals surface area contributed by atoms with E-state index >= 15 is 0 Å². The summed E-state index contributed by atoms with van der Waals surface area (Å²) in [5.41, 5.74) is 5.37. The molecule has 0 aliphatic heterocycles. The van der Waals surface area contributed by atoms with Crippen molar-refractivity contribution in [1.29, 1.82) is 0 Å². The molecule has 1 heterocycles. The maximum Gasteiger partial charge on any atom is 0.221 e. The van der Waals surface area contributed by atoms with E-state index in [0.29, 0.717) is 10.3 Å². The van der Waals surface area contributed by atoms with Gasteiger partial charge in [0.1, 0.15) is 5.82 Å². The molecular formula is C7H11BrN4O2. The van der Waals surface area contributed by atoms with Gasteiger partial charge in [0.2, 0.25) is 5.95 Å². The van der Waals surface area contributed by atoms with Gasteiger partial charge in [-0.25, -0.2) is 4.98 Å². The number of hydrogen-bond acceptors (Lipinski definition) is 6. The topological polar surface area (TPSA) is 104 Å². The first-order valence-corrected chi connectivity index (χ1v) is 4.73. The quantitative estimate of drug-likeness (QED) is 0.588. The Morgan fingerprint density at radius 3 is 3.00 bits per heavy atom. The summed E-state index contributed by atoms with van der Waals surface area (Å²) in [5, 5.41) is 20.5. The van der Waals surface area contributed by atoms with Gasteiger partial charge in [0.15, 0.2) is 0 Å². The Balaban J connectivity index is 2.62. The van der Waals surface area contributed by atoms with E-state index in [-0.39, 0.29) is 19.1 Å². The maximum absolute atomic E-state index is 9.08. The van der Waals surface area contributed by atoms with Crippen LogP contribution in [0.25, 0.3) is 0 Å². The molecule has 0 saturated heterocycles. The maximum atomic E-state index is 9.08. The van der Waals surface area contributed by atoms with Crippen LogP contribution in [0.4, 0.5) is 11.8 Å². The first-order chi connectivity index (χ1) is 6.63. The van der Waals surface area contributed by atoms with E-state index in [1.807, 2.05) is 0 Å². The largest absolute Gasteiger partial charge is 0.394 e. The molecule has 1 unspecified atom stereocenters. The second kappa shape index (κ2) is 5.08. The highest BCUT2D eigenvalue weighted by Crippen LogP contribution is 2.18. The molecule has 0 spiro atoms. The van der Waals surface area contributed by atoms with Crippen LogP contribution in [-0.2, 0) is 0 Å². The smallest absolute Gasteiger partial charge is 0.221 e. The van der Waals surface area contributed by atoms with Crippen molar-refractivity contribution in [3.05, 3.63) is 10.7 Å². The Kier molecular flexibility index (Phi) is 4.05. The van der Waals surface area contributed by atoms with E-state index in [2.05, 4.69) is 31.2 Å². The number of nitrogens with two attached hydrogens (primary N) is 1. The molecule has 0 amide bonds. The van der Waals surface area contributed by atoms with Crippen molar-refractivity contribution in [2.45, 2.75) is 6.10 Å². The third-order valence-electron chi connectivity index (χ3n) is 1.48. The Labute approximate surface area is 89.3 Å². The van der Waals surface area contributed by atoms with Crippen molar-refractivity contribution in [2.24, 2.45) is 0 Å². The van der Waals surface area contributed by atoms with Gasteiger partial charge in [-0.1, -0.05) is 0 Å². The molecular weight excluding hydrogens is 252 g/mol. The number of anilines is 2. The lowest BCUT2D eigenvalue weighted by Gasteiger charge is -2.10. The molecule has 1 aromatic heterocycles. The van der Waals surface area contributed by atoms with E-state index in [4.69, 9.17) is 15.9 Å². The number of nitrogen functional groups attached to an aromatic ring is 1. The Morgan fingerprint density at radius 1 is 1.64 bits per heavy atom. The lowest BCUT2D eigenvalue weighted by atomic mass is 10.4. The molecule has 6 nitrogen and oxygen atoms in total. The van der Waals surface area contributed by atoms with Crippen LogP contribution in [0.1, 0.15) is 0 Å². The van der Waals surface area contributed by atoms with Crippen LogP contribution in [0.3, 0.4) is 0 Å². The monoisotopic (exact) mass is 262 g/mol. The highest BCUT2D eigenvalue weighted by Gasteiger charge is 2.05. The lowest BCUT2D eigenvalue weighted by Crippen LogP contribution is -2.23. The molecule has 1 rings (SSSR count). The van der Waals surface area contributed by atoms with Crippen molar-refractivity contribution >= 4 is 27.7 Å². The Morgan fingerprint density at radius 2 is 2.36 bits per heavy atom. The van der Waals surface area contributed by atoms with Gasteiger partial charge in [0.25, 0.3) is 0 Å². The molecule has 78 valence electrons. The molecule has 0 aromatic carbocycles. The molecule has 0 bridgehead atoms. The number of nitrogens with one attached hydrogen (secondary N) is 1. The Bertz CT molecular complexity index is 310. The van der Waals surface area contributed by atoms with E-state index in [1.54, 1.807) is 0 Å². The van der Waals surface area contributed by atoms with Crippen molar-refractivity contribution in [1.82, 2.24) is 9.97 Å². The SMILES string of the molecule is Nc1ncc(Br)c(NCC(O)CO)n1. The first kappa shape index (κ1) is 11.2. The van der Waals surface area contributed by atoms with Crippen molar-refractivity contribution in [2.75, 3.05) is 24.2 Å². The van der Waals surface area contributed by atoms with Gasteiger partial charge in [-0.2, -0.15) is 4.98 Å². The molecule has 5 N–H and O–H groups in total. The summed E-state index contributed by atoms with van der Waals surface area (Å²) < 4.78 is 0.650. The minimum atomic E-state index is -0.821. The van der Waals surface area contributed by atoms with Crippen molar-refractivity contribution in [3.8, 4) is 0 Å². The van der Waals surface area contributed by atoms with Gasteiger partial charge in [-0.15, -0.1) is 0 Å². The highest BCUT2D eigenvalue weighted by atomic mass is 79.9. The fourth-order valence-corrected chi connectivity index (χ4v) is 1.11. The van der Waals surface area contributed by atoms with Crippen LogP contribution in [-0.4, -0.2) is 39.4 Å². The zero-order valence-electron chi connectivity index (χ0n) is 7.31. The predicted octanol–water partition coefficient (Wildman–Crippen LogP) is -0.414. The highest BCUT2D eigenvalue weighted by molar-refractivity contribution is 9.10. The van der Waals surface area contributed by atoms with Gasteiger partial charge < -0.3 is 21.3 Å². The number of aromatic nitrogens is 2. The molecule has 0 fully saturated rings. The van der Waals surface area contributed by atoms with E-state index in [1.165, 1.54) is 6.20 Å². The van der Waals surface area contributed by atoms with Gasteiger partial charge >= 0.3 is 0 Å². The summed E-state index contributed by atoms with van der Waals surface area (Å²) >= 11 is 3.22. The molecule has 0 saturated carbocycles. The summed E-state index contributed by atoms with van der Waals surface area (Å²) in [4.78, 5) is 7.65. The minimum Gasteiger partial charge on any atom is -0.394 e. The summed E-state index contributed by atoms with van der Waals surface area (Å²) in [7, 11) is 0. The summed E-state index contributed by atoms with van der Waals surface area (Å²) in [6, 6.07) is 0. The fraction of sp³-hybridized carbons (Fsp3) is 0.429. The average Bonchev–Trinajstić information content (AvgIpc) is 2.19. The average molecular weight is 263 g/mol. The molecule has 1 aromatic rings. The van der Waals surface area contributed by atoms with Crippen LogP contribution >= 0.6 is 15.9 Å². The fourth-order valence-electron chi connectivity index (χ4n) is 0.784. The zero-order valence-corrected chi connectivity index (χ0v) is 8.90. The zero-order chi connectivity index (χ0) is 10.6. The number of nitrogens with zero attached hydrogens (tertiary/aromatic N) is 2. The number of aliphatic hydroxyl groups excluding tert-OH is 2. The van der Waals surface area contributed by atoms with Gasteiger partial charge in [-0.3, -0.25) is 0 Å². The van der Waals surface area contributed by atoms with Gasteiger partial charge in [-0.05, 0) is 15.9 Å². The molecule has 0 aliphatic rings. The van der Waals surface area contributed by atoms with E-state index < -0.39 is 6.10 Å². The number of hydrogen-bond donors (Lipinski definition) is 4. The standard InChI is InChI=1S/C7H11BrN4O2/c8-5-2-11-7(9)12-6(5)10-1-4(14)3-13/h2,4,13-14H,1,3H2,(H3,9,10,11,12). The van der Waals surface area contributed by atoms with Crippen molar-refractivity contribution < 1.29 is 10.2 Å². The molecule has 7 heteroatoms. The lowest BCUT2D eigenvalue weighted by molar-refractivity contribution is 0.105. The molecule has 0 aliphatic carbocycles.